The molecule has 2 rings (SSSR count). The number of carbonyl (C=O) groups is 1. The van der Waals surface area contributed by atoms with E-state index in [9.17, 15) is 4.79 Å². The quantitative estimate of drug-likeness (QED) is 0.785. The number of carbonyl (C=O) groups excluding carboxylic acids is 1. The van der Waals surface area contributed by atoms with Gasteiger partial charge in [0.15, 0.2) is 0 Å². The first-order valence-corrected chi connectivity index (χ1v) is 7.14. The van der Waals surface area contributed by atoms with E-state index < -0.39 is 0 Å². The van der Waals surface area contributed by atoms with E-state index in [1.165, 1.54) is 0 Å². The molecule has 1 atom stereocenters. The maximum absolute atomic E-state index is 12.0. The van der Waals surface area contributed by atoms with Crippen molar-refractivity contribution < 1.29 is 9.53 Å². The first-order chi connectivity index (χ1) is 8.16. The van der Waals surface area contributed by atoms with Crippen LogP contribution in [0.1, 0.15) is 12.5 Å². The molecule has 1 aliphatic heterocycles. The number of hydrogen-bond donors (Lipinski definition) is 0. The SMILES string of the molecule is C[C@H]1COCCN1C(=O)/C=C\c1csc(Br)c1. The standard InChI is InChI=1S/C12H14BrNO2S/c1-9-7-16-5-4-14(9)12(15)3-2-10-6-11(13)17-8-10/h2-3,6,8-9H,4-5,7H2,1H3/b3-2-/t9-/m0/s1. The molecule has 0 saturated carbocycles. The third-order valence-corrected chi connectivity index (χ3v) is 4.18. The molecule has 17 heavy (non-hydrogen) atoms. The third-order valence-electron chi connectivity index (χ3n) is 2.66. The van der Waals surface area contributed by atoms with Gasteiger partial charge in [0, 0.05) is 12.6 Å². The molecular weight excluding hydrogens is 302 g/mol. The molecule has 0 N–H and O–H groups in total. The van der Waals surface area contributed by atoms with Gasteiger partial charge in [-0.1, -0.05) is 0 Å². The minimum atomic E-state index is 0.0584. The predicted molar refractivity (Wildman–Crippen MR) is 73.0 cm³/mol. The van der Waals surface area contributed by atoms with E-state index in [0.717, 1.165) is 9.35 Å². The molecule has 3 nitrogen and oxygen atoms in total. The van der Waals surface area contributed by atoms with Gasteiger partial charge in [-0.3, -0.25) is 4.79 Å². The van der Waals surface area contributed by atoms with Crippen LogP contribution in [0.4, 0.5) is 0 Å². The van der Waals surface area contributed by atoms with Crippen LogP contribution < -0.4 is 0 Å². The third kappa shape index (κ3) is 3.40. The van der Waals surface area contributed by atoms with Crippen LogP contribution in [0, 0.1) is 0 Å². The van der Waals surface area contributed by atoms with Crippen molar-refractivity contribution >= 4 is 39.2 Å². The van der Waals surface area contributed by atoms with Gasteiger partial charge in [0.25, 0.3) is 0 Å². The maximum Gasteiger partial charge on any atom is 0.246 e. The van der Waals surface area contributed by atoms with Crippen LogP contribution in [0.25, 0.3) is 6.08 Å². The Morgan fingerprint density at radius 2 is 2.53 bits per heavy atom. The molecule has 1 aromatic heterocycles. The predicted octanol–water partition coefficient (Wildman–Crippen LogP) is 2.77. The van der Waals surface area contributed by atoms with Crippen molar-refractivity contribution in [3.63, 3.8) is 0 Å². The van der Waals surface area contributed by atoms with E-state index >= 15 is 0 Å². The molecule has 1 fully saturated rings. The second-order valence-electron chi connectivity index (χ2n) is 3.97. The van der Waals surface area contributed by atoms with E-state index in [1.807, 2.05) is 29.3 Å². The number of halogens is 1. The van der Waals surface area contributed by atoms with Crippen molar-refractivity contribution in [1.82, 2.24) is 4.90 Å². The second-order valence-corrected chi connectivity index (χ2v) is 6.26. The average Bonchev–Trinajstić information content (AvgIpc) is 2.73. The molecular formula is C12H14BrNO2S. The van der Waals surface area contributed by atoms with Crippen LogP contribution in [0.2, 0.25) is 0 Å². The molecule has 1 aliphatic rings. The number of rotatable bonds is 2. The Morgan fingerprint density at radius 3 is 3.18 bits per heavy atom. The Hall–Kier alpha value is -0.650. The van der Waals surface area contributed by atoms with Crippen molar-refractivity contribution in [3.05, 3.63) is 26.9 Å². The average molecular weight is 316 g/mol. The molecule has 2 heterocycles. The van der Waals surface area contributed by atoms with Gasteiger partial charge >= 0.3 is 0 Å². The highest BCUT2D eigenvalue weighted by molar-refractivity contribution is 9.11. The van der Waals surface area contributed by atoms with Gasteiger partial charge in [0.2, 0.25) is 5.91 Å². The minimum Gasteiger partial charge on any atom is -0.377 e. The summed E-state index contributed by atoms with van der Waals surface area (Å²) in [5, 5.41) is 2.01. The fourth-order valence-corrected chi connectivity index (χ4v) is 2.87. The zero-order chi connectivity index (χ0) is 12.3. The fraction of sp³-hybridized carbons (Fsp3) is 0.417. The smallest absolute Gasteiger partial charge is 0.246 e. The molecule has 0 aromatic carbocycles. The summed E-state index contributed by atoms with van der Waals surface area (Å²) in [5.74, 6) is 0.0584. The van der Waals surface area contributed by atoms with Gasteiger partial charge in [-0.25, -0.2) is 0 Å². The Bertz CT molecular complexity index is 430. The molecule has 5 heteroatoms. The summed E-state index contributed by atoms with van der Waals surface area (Å²) >= 11 is 5.01. The number of nitrogens with zero attached hydrogens (tertiary/aromatic N) is 1. The van der Waals surface area contributed by atoms with Crippen LogP contribution >= 0.6 is 27.3 Å². The zero-order valence-corrected chi connectivity index (χ0v) is 12.0. The Morgan fingerprint density at radius 1 is 1.71 bits per heavy atom. The summed E-state index contributed by atoms with van der Waals surface area (Å²) in [6.45, 7) is 3.95. The first-order valence-electron chi connectivity index (χ1n) is 5.47. The first kappa shape index (κ1) is 12.8. The summed E-state index contributed by atoms with van der Waals surface area (Å²) in [4.78, 5) is 13.8. The summed E-state index contributed by atoms with van der Waals surface area (Å²) < 4.78 is 6.38. The number of amides is 1. The molecule has 0 unspecified atom stereocenters. The zero-order valence-electron chi connectivity index (χ0n) is 9.56. The van der Waals surface area contributed by atoms with Crippen LogP contribution in [0.3, 0.4) is 0 Å². The lowest BCUT2D eigenvalue weighted by molar-refractivity contribution is -0.133. The van der Waals surface area contributed by atoms with Crippen LogP contribution in [-0.2, 0) is 9.53 Å². The van der Waals surface area contributed by atoms with E-state index in [2.05, 4.69) is 15.9 Å². The number of thiophene rings is 1. The van der Waals surface area contributed by atoms with Gasteiger partial charge in [0.1, 0.15) is 0 Å². The van der Waals surface area contributed by atoms with E-state index in [-0.39, 0.29) is 11.9 Å². The highest BCUT2D eigenvalue weighted by Crippen LogP contribution is 2.21. The highest BCUT2D eigenvalue weighted by Gasteiger charge is 2.21. The Kier molecular flexibility index (Phi) is 4.36. The molecule has 1 amide bonds. The lowest BCUT2D eigenvalue weighted by Crippen LogP contribution is -2.46. The molecule has 1 saturated heterocycles. The maximum atomic E-state index is 12.0. The Labute approximate surface area is 113 Å². The molecule has 92 valence electrons. The monoisotopic (exact) mass is 315 g/mol. The van der Waals surface area contributed by atoms with Gasteiger partial charge in [0.05, 0.1) is 23.0 Å². The van der Waals surface area contributed by atoms with Crippen molar-refractivity contribution in [1.29, 1.82) is 0 Å². The van der Waals surface area contributed by atoms with Gasteiger partial charge in [-0.05, 0) is 45.9 Å². The molecule has 0 bridgehead atoms. The van der Waals surface area contributed by atoms with Gasteiger partial charge in [-0.2, -0.15) is 0 Å². The fourth-order valence-electron chi connectivity index (χ4n) is 1.73. The van der Waals surface area contributed by atoms with Crippen LogP contribution in [-0.4, -0.2) is 36.6 Å². The van der Waals surface area contributed by atoms with Gasteiger partial charge in [-0.15, -0.1) is 11.3 Å². The van der Waals surface area contributed by atoms with E-state index in [1.54, 1.807) is 17.4 Å². The summed E-state index contributed by atoms with van der Waals surface area (Å²) in [6.07, 6.45) is 3.49. The number of hydrogen-bond acceptors (Lipinski definition) is 3. The van der Waals surface area contributed by atoms with Crippen molar-refractivity contribution in [2.75, 3.05) is 19.8 Å². The second kappa shape index (κ2) is 5.80. The van der Waals surface area contributed by atoms with Crippen molar-refractivity contribution in [2.45, 2.75) is 13.0 Å². The molecule has 1 aromatic rings. The summed E-state index contributed by atoms with van der Waals surface area (Å²) in [7, 11) is 0. The highest BCUT2D eigenvalue weighted by atomic mass is 79.9. The largest absolute Gasteiger partial charge is 0.377 e. The Balaban J connectivity index is 1.98. The normalized spacial score (nSPS) is 21.1. The molecule has 0 spiro atoms. The lowest BCUT2D eigenvalue weighted by Gasteiger charge is -2.32. The molecule has 0 aliphatic carbocycles. The van der Waals surface area contributed by atoms with Gasteiger partial charge < -0.3 is 9.64 Å². The van der Waals surface area contributed by atoms with Crippen LogP contribution in [0.5, 0.6) is 0 Å². The number of ether oxygens (including phenoxy) is 1. The number of morpholine rings is 1. The van der Waals surface area contributed by atoms with E-state index in [0.29, 0.717) is 19.8 Å². The molecule has 0 radical (unpaired) electrons. The van der Waals surface area contributed by atoms with Crippen LogP contribution in [0.15, 0.2) is 21.3 Å². The van der Waals surface area contributed by atoms with E-state index in [4.69, 9.17) is 4.74 Å². The minimum absolute atomic E-state index is 0.0584. The lowest BCUT2D eigenvalue weighted by atomic mass is 10.2. The summed E-state index contributed by atoms with van der Waals surface area (Å²) in [6, 6.07) is 2.16. The van der Waals surface area contributed by atoms with Crippen molar-refractivity contribution in [3.8, 4) is 0 Å². The topological polar surface area (TPSA) is 29.5 Å². The van der Waals surface area contributed by atoms with Crippen molar-refractivity contribution in [2.24, 2.45) is 0 Å². The summed E-state index contributed by atoms with van der Waals surface area (Å²) in [5.41, 5.74) is 1.05.